The maximum Gasteiger partial charge on any atom is 0.224 e. The van der Waals surface area contributed by atoms with E-state index in [2.05, 4.69) is 45.0 Å². The summed E-state index contributed by atoms with van der Waals surface area (Å²) in [5, 5.41) is 1.56. The third-order valence-electron chi connectivity index (χ3n) is 3.68. The van der Waals surface area contributed by atoms with E-state index in [1.54, 1.807) is 5.19 Å². The molecule has 1 aliphatic rings. The van der Waals surface area contributed by atoms with Gasteiger partial charge in [-0.3, -0.25) is 0 Å². The monoisotopic (exact) mass is 220 g/mol. The lowest BCUT2D eigenvalue weighted by atomic mass is 10.1. The third kappa shape index (κ3) is 1.56. The molecular formula is C13H20OSi. The highest BCUT2D eigenvalue weighted by Crippen LogP contribution is 2.36. The van der Waals surface area contributed by atoms with E-state index in [-0.39, 0.29) is 0 Å². The molecule has 0 radical (unpaired) electrons. The van der Waals surface area contributed by atoms with Gasteiger partial charge in [-0.1, -0.05) is 45.0 Å². The van der Waals surface area contributed by atoms with Crippen LogP contribution >= 0.6 is 0 Å². The van der Waals surface area contributed by atoms with Gasteiger partial charge in [0.05, 0.1) is 6.10 Å². The average Bonchev–Trinajstić information content (AvgIpc) is 2.64. The van der Waals surface area contributed by atoms with Crippen LogP contribution in [0.2, 0.25) is 12.1 Å². The molecule has 1 aromatic rings. The van der Waals surface area contributed by atoms with Gasteiger partial charge in [-0.15, -0.1) is 0 Å². The molecule has 0 fully saturated rings. The molecule has 0 aliphatic carbocycles. The predicted molar refractivity (Wildman–Crippen MR) is 66.9 cm³/mol. The van der Waals surface area contributed by atoms with E-state index in [0.717, 1.165) is 6.42 Å². The van der Waals surface area contributed by atoms with E-state index in [9.17, 15) is 0 Å². The Balaban J connectivity index is 2.49. The molecule has 2 rings (SSSR count). The number of benzene rings is 1. The molecular weight excluding hydrogens is 200 g/mol. The molecule has 2 heteroatoms. The number of rotatable bonds is 3. The first-order valence-electron chi connectivity index (χ1n) is 6.04. The summed E-state index contributed by atoms with van der Waals surface area (Å²) >= 11 is 0. The average molecular weight is 220 g/mol. The normalized spacial score (nSPS) is 22.7. The largest absolute Gasteiger partial charge is 0.406 e. The SMILES string of the molecule is CCC1O[Si](CC)(CC)c2ccccc21. The molecule has 82 valence electrons. The molecule has 0 saturated carbocycles. The van der Waals surface area contributed by atoms with E-state index in [4.69, 9.17) is 4.43 Å². The highest BCUT2D eigenvalue weighted by atomic mass is 28.4. The first-order valence-corrected chi connectivity index (χ1v) is 8.36. The lowest BCUT2D eigenvalue weighted by Crippen LogP contribution is -2.45. The number of fused-ring (bicyclic) bond motifs is 1. The van der Waals surface area contributed by atoms with Crippen LogP contribution in [0, 0.1) is 0 Å². The minimum Gasteiger partial charge on any atom is -0.406 e. The first-order chi connectivity index (χ1) is 7.27. The molecule has 1 atom stereocenters. The second-order valence-corrected chi connectivity index (χ2v) is 8.48. The van der Waals surface area contributed by atoms with E-state index in [1.165, 1.54) is 17.7 Å². The molecule has 1 unspecified atom stereocenters. The van der Waals surface area contributed by atoms with Crippen molar-refractivity contribution in [3.63, 3.8) is 0 Å². The Hall–Kier alpha value is -0.603. The van der Waals surface area contributed by atoms with Gasteiger partial charge in [0.1, 0.15) is 0 Å². The van der Waals surface area contributed by atoms with Crippen LogP contribution in [0.1, 0.15) is 38.9 Å². The van der Waals surface area contributed by atoms with Crippen molar-refractivity contribution >= 4 is 13.5 Å². The van der Waals surface area contributed by atoms with Crippen molar-refractivity contribution in [3.8, 4) is 0 Å². The Labute approximate surface area is 93.6 Å². The first kappa shape index (κ1) is 10.9. The molecule has 0 amide bonds. The number of hydrogen-bond donors (Lipinski definition) is 0. The van der Waals surface area contributed by atoms with Crippen molar-refractivity contribution < 1.29 is 4.43 Å². The van der Waals surface area contributed by atoms with Crippen LogP contribution in [0.25, 0.3) is 0 Å². The molecule has 15 heavy (non-hydrogen) atoms. The fourth-order valence-corrected chi connectivity index (χ4v) is 6.42. The van der Waals surface area contributed by atoms with E-state index in [0.29, 0.717) is 6.10 Å². The predicted octanol–water partition coefficient (Wildman–Crippen LogP) is 3.36. The molecule has 0 saturated heterocycles. The van der Waals surface area contributed by atoms with Crippen LogP contribution in [-0.4, -0.2) is 8.32 Å². The maximum absolute atomic E-state index is 6.41. The Bertz CT molecular complexity index is 344. The van der Waals surface area contributed by atoms with E-state index >= 15 is 0 Å². The minimum absolute atomic E-state index is 0.368. The summed E-state index contributed by atoms with van der Waals surface area (Å²) in [4.78, 5) is 0. The third-order valence-corrected chi connectivity index (χ3v) is 8.14. The van der Waals surface area contributed by atoms with Crippen LogP contribution in [0.3, 0.4) is 0 Å². The summed E-state index contributed by atoms with van der Waals surface area (Å²) in [6.07, 6.45) is 1.47. The highest BCUT2D eigenvalue weighted by Gasteiger charge is 2.43. The van der Waals surface area contributed by atoms with Gasteiger partial charge in [-0.05, 0) is 29.3 Å². The molecule has 0 bridgehead atoms. The zero-order chi connectivity index (χ0) is 10.9. The van der Waals surface area contributed by atoms with Crippen molar-refractivity contribution in [2.75, 3.05) is 0 Å². The fraction of sp³-hybridized carbons (Fsp3) is 0.538. The van der Waals surface area contributed by atoms with Crippen molar-refractivity contribution in [3.05, 3.63) is 29.8 Å². The summed E-state index contributed by atoms with van der Waals surface area (Å²) in [5.74, 6) is 0. The van der Waals surface area contributed by atoms with Crippen LogP contribution in [0.5, 0.6) is 0 Å². The lowest BCUT2D eigenvalue weighted by Gasteiger charge is -2.24. The molecule has 0 N–H and O–H groups in total. The van der Waals surface area contributed by atoms with Gasteiger partial charge >= 0.3 is 0 Å². The minimum atomic E-state index is -1.58. The zero-order valence-corrected chi connectivity index (χ0v) is 10.9. The van der Waals surface area contributed by atoms with Gasteiger partial charge in [-0.25, -0.2) is 0 Å². The Kier molecular flexibility index (Phi) is 2.98. The van der Waals surface area contributed by atoms with Gasteiger partial charge in [0.15, 0.2) is 0 Å². The van der Waals surface area contributed by atoms with Crippen LogP contribution in [-0.2, 0) is 4.43 Å². The van der Waals surface area contributed by atoms with Gasteiger partial charge in [0.25, 0.3) is 0 Å². The van der Waals surface area contributed by atoms with Crippen LogP contribution in [0.15, 0.2) is 24.3 Å². The second-order valence-electron chi connectivity index (χ2n) is 4.30. The standard InChI is InChI=1S/C13H20OSi/c1-4-12-11-9-7-8-10-13(11)15(5-2,6-3)14-12/h7-10,12H,4-6H2,1-3H3. The Morgan fingerprint density at radius 3 is 2.40 bits per heavy atom. The smallest absolute Gasteiger partial charge is 0.224 e. The quantitative estimate of drug-likeness (QED) is 0.710. The van der Waals surface area contributed by atoms with Crippen molar-refractivity contribution in [1.29, 1.82) is 0 Å². The molecule has 0 aromatic heterocycles. The summed E-state index contributed by atoms with van der Waals surface area (Å²) in [7, 11) is -1.58. The van der Waals surface area contributed by atoms with Gasteiger partial charge in [0.2, 0.25) is 8.32 Å². The van der Waals surface area contributed by atoms with Gasteiger partial charge in [0, 0.05) is 0 Å². The van der Waals surface area contributed by atoms with Crippen LogP contribution < -0.4 is 5.19 Å². The number of hydrogen-bond acceptors (Lipinski definition) is 1. The van der Waals surface area contributed by atoms with Gasteiger partial charge in [-0.2, -0.15) is 0 Å². The molecule has 1 nitrogen and oxygen atoms in total. The lowest BCUT2D eigenvalue weighted by molar-refractivity contribution is 0.206. The molecule has 1 aromatic carbocycles. The topological polar surface area (TPSA) is 9.23 Å². The van der Waals surface area contributed by atoms with Gasteiger partial charge < -0.3 is 4.43 Å². The van der Waals surface area contributed by atoms with Crippen LogP contribution in [0.4, 0.5) is 0 Å². The molecule has 1 heterocycles. The van der Waals surface area contributed by atoms with E-state index < -0.39 is 8.32 Å². The second kappa shape index (κ2) is 4.10. The fourth-order valence-electron chi connectivity index (χ4n) is 2.69. The maximum atomic E-state index is 6.41. The summed E-state index contributed by atoms with van der Waals surface area (Å²) < 4.78 is 6.41. The van der Waals surface area contributed by atoms with E-state index in [1.807, 2.05) is 0 Å². The van der Waals surface area contributed by atoms with Crippen molar-refractivity contribution in [2.45, 2.75) is 45.4 Å². The van der Waals surface area contributed by atoms with Crippen molar-refractivity contribution in [1.82, 2.24) is 0 Å². The van der Waals surface area contributed by atoms with Crippen molar-refractivity contribution in [2.24, 2.45) is 0 Å². The zero-order valence-electron chi connectivity index (χ0n) is 9.92. The molecule has 0 spiro atoms. The Morgan fingerprint density at radius 1 is 1.13 bits per heavy atom. The summed E-state index contributed by atoms with van der Waals surface area (Å²) in [6.45, 7) is 6.78. The highest BCUT2D eigenvalue weighted by molar-refractivity contribution is 6.87. The summed E-state index contributed by atoms with van der Waals surface area (Å²) in [5.41, 5.74) is 1.47. The summed E-state index contributed by atoms with van der Waals surface area (Å²) in [6, 6.07) is 11.3. The Morgan fingerprint density at radius 2 is 1.80 bits per heavy atom. The molecule has 1 aliphatic heterocycles.